The fourth-order valence-corrected chi connectivity index (χ4v) is 1.98. The maximum atomic E-state index is 5.54. The van der Waals surface area contributed by atoms with Gasteiger partial charge in [0, 0.05) is 9.13 Å². The van der Waals surface area contributed by atoms with Crippen LogP contribution in [0.3, 0.4) is 0 Å². The SMILES string of the molecule is Ic1cccc(-c2nc3cncnc3o2)c1. The Bertz CT molecular complexity index is 617. The summed E-state index contributed by atoms with van der Waals surface area (Å²) in [6, 6.07) is 7.96. The lowest BCUT2D eigenvalue weighted by atomic mass is 10.2. The summed E-state index contributed by atoms with van der Waals surface area (Å²) in [5.74, 6) is 0.578. The van der Waals surface area contributed by atoms with E-state index in [1.807, 2.05) is 24.3 Å². The van der Waals surface area contributed by atoms with Gasteiger partial charge in [-0.25, -0.2) is 9.97 Å². The Kier molecular flexibility index (Phi) is 2.32. The van der Waals surface area contributed by atoms with Gasteiger partial charge in [-0.15, -0.1) is 0 Å². The van der Waals surface area contributed by atoms with Gasteiger partial charge in [0.15, 0.2) is 0 Å². The number of hydrogen-bond donors (Lipinski definition) is 0. The number of hydrogen-bond acceptors (Lipinski definition) is 4. The number of fused-ring (bicyclic) bond motifs is 1. The van der Waals surface area contributed by atoms with Crippen LogP contribution in [-0.2, 0) is 0 Å². The number of benzene rings is 1. The lowest BCUT2D eigenvalue weighted by Gasteiger charge is -1.94. The van der Waals surface area contributed by atoms with E-state index in [9.17, 15) is 0 Å². The first-order valence-corrected chi connectivity index (χ1v) is 5.73. The van der Waals surface area contributed by atoms with E-state index in [4.69, 9.17) is 4.42 Å². The number of oxazole rings is 1. The molecule has 2 aromatic heterocycles. The smallest absolute Gasteiger partial charge is 0.250 e. The summed E-state index contributed by atoms with van der Waals surface area (Å²) < 4.78 is 6.69. The van der Waals surface area contributed by atoms with Gasteiger partial charge in [-0.05, 0) is 40.8 Å². The molecule has 3 aromatic rings. The molecule has 0 unspecified atom stereocenters. The van der Waals surface area contributed by atoms with E-state index in [1.54, 1.807) is 6.20 Å². The van der Waals surface area contributed by atoms with Crippen molar-refractivity contribution in [1.29, 1.82) is 0 Å². The fourth-order valence-electron chi connectivity index (χ4n) is 1.44. The summed E-state index contributed by atoms with van der Waals surface area (Å²) in [5, 5.41) is 0. The number of aromatic nitrogens is 3. The fraction of sp³-hybridized carbons (Fsp3) is 0. The lowest BCUT2D eigenvalue weighted by Crippen LogP contribution is -1.78. The quantitative estimate of drug-likeness (QED) is 0.646. The summed E-state index contributed by atoms with van der Waals surface area (Å²) in [4.78, 5) is 12.2. The summed E-state index contributed by atoms with van der Waals surface area (Å²) in [7, 11) is 0. The molecule has 5 heteroatoms. The third-order valence-electron chi connectivity index (χ3n) is 2.14. The molecule has 0 spiro atoms. The molecule has 16 heavy (non-hydrogen) atoms. The highest BCUT2D eigenvalue weighted by molar-refractivity contribution is 14.1. The second-order valence-electron chi connectivity index (χ2n) is 3.24. The molecule has 0 saturated heterocycles. The maximum Gasteiger partial charge on any atom is 0.250 e. The van der Waals surface area contributed by atoms with E-state index in [1.165, 1.54) is 6.33 Å². The third-order valence-corrected chi connectivity index (χ3v) is 2.82. The minimum absolute atomic E-state index is 0.517. The topological polar surface area (TPSA) is 51.8 Å². The molecule has 0 radical (unpaired) electrons. The van der Waals surface area contributed by atoms with Crippen molar-refractivity contribution in [2.24, 2.45) is 0 Å². The zero-order chi connectivity index (χ0) is 11.0. The molecule has 4 nitrogen and oxygen atoms in total. The maximum absolute atomic E-state index is 5.54. The van der Waals surface area contributed by atoms with E-state index in [-0.39, 0.29) is 0 Å². The second kappa shape index (κ2) is 3.82. The van der Waals surface area contributed by atoms with Crippen molar-refractivity contribution in [3.05, 3.63) is 40.4 Å². The molecule has 0 amide bonds. The van der Waals surface area contributed by atoms with Crippen LogP contribution in [0.25, 0.3) is 22.7 Å². The van der Waals surface area contributed by atoms with Crippen molar-refractivity contribution in [1.82, 2.24) is 15.0 Å². The molecule has 0 fully saturated rings. The van der Waals surface area contributed by atoms with E-state index >= 15 is 0 Å². The molecule has 0 bridgehead atoms. The Hall–Kier alpha value is -1.50. The van der Waals surface area contributed by atoms with Crippen molar-refractivity contribution in [3.8, 4) is 11.5 Å². The van der Waals surface area contributed by atoms with Gasteiger partial charge in [-0.3, -0.25) is 0 Å². The zero-order valence-corrected chi connectivity index (χ0v) is 10.2. The van der Waals surface area contributed by atoms with Crippen LogP contribution in [0.5, 0.6) is 0 Å². The second-order valence-corrected chi connectivity index (χ2v) is 4.49. The molecule has 3 rings (SSSR count). The molecule has 0 aliphatic heterocycles. The predicted octanol–water partition coefficient (Wildman–Crippen LogP) is 2.89. The average molecular weight is 323 g/mol. The van der Waals surface area contributed by atoms with Crippen molar-refractivity contribution in [3.63, 3.8) is 0 Å². The van der Waals surface area contributed by atoms with Gasteiger partial charge in [-0.2, -0.15) is 4.98 Å². The third kappa shape index (κ3) is 1.67. The predicted molar refractivity (Wildman–Crippen MR) is 67.8 cm³/mol. The lowest BCUT2D eigenvalue weighted by molar-refractivity contribution is 0.607. The number of rotatable bonds is 1. The van der Waals surface area contributed by atoms with Crippen LogP contribution in [0.1, 0.15) is 0 Å². The normalized spacial score (nSPS) is 10.8. The van der Waals surface area contributed by atoms with Crippen LogP contribution in [0, 0.1) is 3.57 Å². The van der Waals surface area contributed by atoms with Crippen LogP contribution >= 0.6 is 22.6 Å². The number of halogens is 1. The van der Waals surface area contributed by atoms with Gasteiger partial charge in [0.05, 0.1) is 6.20 Å². The Morgan fingerprint density at radius 1 is 1.25 bits per heavy atom. The Balaban J connectivity index is 2.19. The largest absolute Gasteiger partial charge is 0.418 e. The molecular formula is C11H6IN3O. The highest BCUT2D eigenvalue weighted by Crippen LogP contribution is 2.23. The average Bonchev–Trinajstić information content (AvgIpc) is 2.72. The van der Waals surface area contributed by atoms with E-state index in [2.05, 4.69) is 37.5 Å². The van der Waals surface area contributed by atoms with Crippen LogP contribution in [0.4, 0.5) is 0 Å². The molecule has 0 aliphatic carbocycles. The summed E-state index contributed by atoms with van der Waals surface area (Å²) in [5.41, 5.74) is 2.14. The molecule has 0 N–H and O–H groups in total. The van der Waals surface area contributed by atoms with Gasteiger partial charge in [0.2, 0.25) is 11.6 Å². The molecule has 1 aromatic carbocycles. The highest BCUT2D eigenvalue weighted by Gasteiger charge is 2.08. The van der Waals surface area contributed by atoms with E-state index < -0.39 is 0 Å². The minimum Gasteiger partial charge on any atom is -0.418 e. The first kappa shape index (κ1) is 9.71. The standard InChI is InChI=1S/C11H6IN3O/c12-8-3-1-2-7(4-8)10-15-9-5-13-6-14-11(9)16-10/h1-6H. The number of nitrogens with zero attached hydrogens (tertiary/aromatic N) is 3. The Morgan fingerprint density at radius 3 is 3.00 bits per heavy atom. The van der Waals surface area contributed by atoms with Gasteiger partial charge < -0.3 is 4.42 Å². The van der Waals surface area contributed by atoms with Gasteiger partial charge >= 0.3 is 0 Å². The molecule has 0 saturated carbocycles. The van der Waals surface area contributed by atoms with Crippen molar-refractivity contribution in [2.45, 2.75) is 0 Å². The minimum atomic E-state index is 0.517. The first-order chi connectivity index (χ1) is 7.83. The van der Waals surface area contributed by atoms with Crippen LogP contribution < -0.4 is 0 Å². The van der Waals surface area contributed by atoms with Crippen LogP contribution in [-0.4, -0.2) is 15.0 Å². The van der Waals surface area contributed by atoms with Crippen molar-refractivity contribution in [2.75, 3.05) is 0 Å². The van der Waals surface area contributed by atoms with Crippen molar-refractivity contribution >= 4 is 33.8 Å². The molecule has 0 aliphatic rings. The highest BCUT2D eigenvalue weighted by atomic mass is 127. The van der Waals surface area contributed by atoms with Gasteiger partial charge in [0.1, 0.15) is 11.8 Å². The Labute approximate surface area is 105 Å². The summed E-state index contributed by atoms with van der Waals surface area (Å²) >= 11 is 2.25. The zero-order valence-electron chi connectivity index (χ0n) is 8.09. The molecule has 0 atom stereocenters. The van der Waals surface area contributed by atoms with Gasteiger partial charge in [0.25, 0.3) is 0 Å². The van der Waals surface area contributed by atoms with E-state index in [0.717, 1.165) is 9.13 Å². The molecule has 2 heterocycles. The summed E-state index contributed by atoms with van der Waals surface area (Å²) in [6.45, 7) is 0. The monoisotopic (exact) mass is 323 g/mol. The van der Waals surface area contributed by atoms with Gasteiger partial charge in [-0.1, -0.05) is 6.07 Å². The van der Waals surface area contributed by atoms with E-state index in [0.29, 0.717) is 17.1 Å². The molecule has 78 valence electrons. The Morgan fingerprint density at radius 2 is 2.19 bits per heavy atom. The molecular weight excluding hydrogens is 317 g/mol. The summed E-state index contributed by atoms with van der Waals surface area (Å²) in [6.07, 6.45) is 3.09. The first-order valence-electron chi connectivity index (χ1n) is 4.65. The van der Waals surface area contributed by atoms with Crippen molar-refractivity contribution < 1.29 is 4.42 Å². The van der Waals surface area contributed by atoms with Crippen LogP contribution in [0.15, 0.2) is 41.2 Å². The van der Waals surface area contributed by atoms with Crippen LogP contribution in [0.2, 0.25) is 0 Å².